The van der Waals surface area contributed by atoms with E-state index in [4.69, 9.17) is 5.11 Å². The Hall–Kier alpha value is -0.930. The number of aromatic nitrogens is 1. The highest BCUT2D eigenvalue weighted by Gasteiger charge is 2.35. The summed E-state index contributed by atoms with van der Waals surface area (Å²) in [6.45, 7) is 2.19. The molecule has 14 heavy (non-hydrogen) atoms. The van der Waals surface area contributed by atoms with Crippen molar-refractivity contribution in [1.82, 2.24) is 10.3 Å². The van der Waals surface area contributed by atoms with Gasteiger partial charge in [0.25, 0.3) is 0 Å². The molecule has 1 aromatic heterocycles. The Labute approximate surface area is 84.2 Å². The first-order valence-corrected chi connectivity index (χ1v) is 5.10. The molecule has 76 valence electrons. The van der Waals surface area contributed by atoms with Gasteiger partial charge in [-0.15, -0.1) is 0 Å². The molecule has 0 unspecified atom stereocenters. The monoisotopic (exact) mass is 192 g/mol. The number of aliphatic hydroxyl groups excluding tert-OH is 1. The highest BCUT2D eigenvalue weighted by Crippen LogP contribution is 2.32. The minimum absolute atomic E-state index is 0.0655. The minimum atomic E-state index is 0.0655. The third kappa shape index (κ3) is 1.65. The Morgan fingerprint density at radius 2 is 2.43 bits per heavy atom. The highest BCUT2D eigenvalue weighted by atomic mass is 16.3. The van der Waals surface area contributed by atoms with Gasteiger partial charge in [-0.25, -0.2) is 0 Å². The van der Waals surface area contributed by atoms with Gasteiger partial charge < -0.3 is 10.4 Å². The lowest BCUT2D eigenvalue weighted by atomic mass is 9.80. The second kappa shape index (κ2) is 4.07. The summed E-state index contributed by atoms with van der Waals surface area (Å²) in [5.41, 5.74) is 1.18. The van der Waals surface area contributed by atoms with Crippen molar-refractivity contribution < 1.29 is 5.11 Å². The molecule has 0 aromatic carbocycles. The first-order valence-electron chi connectivity index (χ1n) is 5.10. The summed E-state index contributed by atoms with van der Waals surface area (Å²) < 4.78 is 0. The van der Waals surface area contributed by atoms with E-state index in [1.807, 2.05) is 18.3 Å². The molecule has 2 heterocycles. The Kier molecular flexibility index (Phi) is 2.79. The summed E-state index contributed by atoms with van der Waals surface area (Å²) in [4.78, 5) is 4.40. The molecule has 1 saturated heterocycles. The van der Waals surface area contributed by atoms with Crippen molar-refractivity contribution in [2.24, 2.45) is 0 Å². The van der Waals surface area contributed by atoms with Crippen molar-refractivity contribution >= 4 is 0 Å². The molecule has 0 radical (unpaired) electrons. The molecule has 1 aromatic rings. The fraction of sp³-hybridized carbons (Fsp3) is 0.545. The molecule has 1 fully saturated rings. The van der Waals surface area contributed by atoms with Gasteiger partial charge in [-0.1, -0.05) is 6.07 Å². The summed E-state index contributed by atoms with van der Waals surface area (Å²) in [5.74, 6) is 0. The zero-order valence-corrected chi connectivity index (χ0v) is 8.24. The smallest absolute Gasteiger partial charge is 0.0479 e. The molecule has 2 rings (SSSR count). The van der Waals surface area contributed by atoms with Gasteiger partial charge >= 0.3 is 0 Å². The topological polar surface area (TPSA) is 45.2 Å². The van der Waals surface area contributed by atoms with E-state index in [1.165, 1.54) is 0 Å². The van der Waals surface area contributed by atoms with Gasteiger partial charge in [0.15, 0.2) is 0 Å². The average Bonchev–Trinajstić information content (AvgIpc) is 2.70. The van der Waals surface area contributed by atoms with Crippen molar-refractivity contribution in [3.05, 3.63) is 30.1 Å². The predicted molar refractivity (Wildman–Crippen MR) is 55.1 cm³/mol. The molecule has 2 N–H and O–H groups in total. The largest absolute Gasteiger partial charge is 0.396 e. The van der Waals surface area contributed by atoms with E-state index in [9.17, 15) is 0 Å². The molecule has 0 spiro atoms. The number of pyridine rings is 1. The van der Waals surface area contributed by atoms with Crippen LogP contribution in [0.25, 0.3) is 0 Å². The lowest BCUT2D eigenvalue weighted by molar-refractivity contribution is 0.241. The zero-order valence-electron chi connectivity index (χ0n) is 8.24. The minimum Gasteiger partial charge on any atom is -0.396 e. The molecule has 3 heteroatoms. The highest BCUT2D eigenvalue weighted by molar-refractivity contribution is 5.19. The number of aliphatic hydroxyl groups is 1. The van der Waals surface area contributed by atoms with Crippen LogP contribution < -0.4 is 5.32 Å². The van der Waals surface area contributed by atoms with Crippen molar-refractivity contribution in [2.75, 3.05) is 19.7 Å². The van der Waals surface area contributed by atoms with E-state index in [0.717, 1.165) is 31.6 Å². The van der Waals surface area contributed by atoms with Crippen LogP contribution in [0.1, 0.15) is 18.5 Å². The number of nitrogens with one attached hydrogen (secondary N) is 1. The lowest BCUT2D eigenvalue weighted by Gasteiger charge is -2.26. The lowest BCUT2D eigenvalue weighted by Crippen LogP contribution is -2.31. The number of nitrogens with zero attached hydrogens (tertiary/aromatic N) is 1. The molecule has 0 amide bonds. The first-order chi connectivity index (χ1) is 6.87. The van der Waals surface area contributed by atoms with Crippen LogP contribution in [-0.4, -0.2) is 29.8 Å². The molecule has 0 bridgehead atoms. The van der Waals surface area contributed by atoms with E-state index < -0.39 is 0 Å². The Balaban J connectivity index is 2.27. The third-order valence-electron chi connectivity index (χ3n) is 3.04. The van der Waals surface area contributed by atoms with E-state index in [-0.39, 0.29) is 12.0 Å². The van der Waals surface area contributed by atoms with Crippen LogP contribution in [0.2, 0.25) is 0 Å². The van der Waals surface area contributed by atoms with Crippen LogP contribution in [0.5, 0.6) is 0 Å². The summed E-state index contributed by atoms with van der Waals surface area (Å²) in [6, 6.07) is 6.00. The van der Waals surface area contributed by atoms with E-state index in [1.54, 1.807) is 0 Å². The third-order valence-corrected chi connectivity index (χ3v) is 3.04. The number of rotatable bonds is 3. The van der Waals surface area contributed by atoms with Crippen LogP contribution >= 0.6 is 0 Å². The SMILES string of the molecule is OCC[C@]1(c2ccccn2)CCNC1. The van der Waals surface area contributed by atoms with Gasteiger partial charge in [0.2, 0.25) is 0 Å². The second-order valence-electron chi connectivity index (χ2n) is 3.90. The number of hydrogen-bond acceptors (Lipinski definition) is 3. The van der Waals surface area contributed by atoms with Crippen LogP contribution in [0.4, 0.5) is 0 Å². The summed E-state index contributed by atoms with van der Waals surface area (Å²) in [7, 11) is 0. The maximum absolute atomic E-state index is 9.10. The molecule has 1 atom stereocenters. The van der Waals surface area contributed by atoms with Crippen LogP contribution in [0.15, 0.2) is 24.4 Å². The van der Waals surface area contributed by atoms with Crippen molar-refractivity contribution in [1.29, 1.82) is 0 Å². The summed E-state index contributed by atoms with van der Waals surface area (Å²) in [5, 5.41) is 12.4. The maximum atomic E-state index is 9.10. The molecule has 0 saturated carbocycles. The predicted octanol–water partition coefficient (Wildman–Crippen LogP) is 0.695. The van der Waals surface area contributed by atoms with Gasteiger partial charge in [0.1, 0.15) is 0 Å². The van der Waals surface area contributed by atoms with Crippen molar-refractivity contribution in [2.45, 2.75) is 18.3 Å². The van der Waals surface area contributed by atoms with Crippen LogP contribution in [-0.2, 0) is 5.41 Å². The van der Waals surface area contributed by atoms with E-state index in [2.05, 4.69) is 16.4 Å². The van der Waals surface area contributed by atoms with Gasteiger partial charge in [-0.05, 0) is 31.5 Å². The van der Waals surface area contributed by atoms with Gasteiger partial charge in [0.05, 0.1) is 0 Å². The molecule has 1 aliphatic heterocycles. The van der Waals surface area contributed by atoms with Crippen LogP contribution in [0, 0.1) is 0 Å². The standard InChI is InChI=1S/C11H16N2O/c14-8-5-11(4-7-12-9-11)10-3-1-2-6-13-10/h1-3,6,12,14H,4-5,7-9H2/t11-/m1/s1. The molecule has 3 nitrogen and oxygen atoms in total. The maximum Gasteiger partial charge on any atom is 0.0479 e. The average molecular weight is 192 g/mol. The Morgan fingerprint density at radius 1 is 1.50 bits per heavy atom. The second-order valence-corrected chi connectivity index (χ2v) is 3.90. The first kappa shape index (κ1) is 9.62. The van der Waals surface area contributed by atoms with Gasteiger partial charge in [-0.2, -0.15) is 0 Å². The van der Waals surface area contributed by atoms with Crippen molar-refractivity contribution in [3.63, 3.8) is 0 Å². The summed E-state index contributed by atoms with van der Waals surface area (Å²) >= 11 is 0. The van der Waals surface area contributed by atoms with E-state index in [0.29, 0.717) is 0 Å². The van der Waals surface area contributed by atoms with E-state index >= 15 is 0 Å². The van der Waals surface area contributed by atoms with Crippen molar-refractivity contribution in [3.8, 4) is 0 Å². The molecule has 1 aliphatic rings. The zero-order chi connectivity index (χ0) is 9.86. The molecule has 0 aliphatic carbocycles. The Morgan fingerprint density at radius 3 is 3.00 bits per heavy atom. The molecular weight excluding hydrogens is 176 g/mol. The Bertz CT molecular complexity index is 281. The fourth-order valence-corrected chi connectivity index (χ4v) is 2.19. The van der Waals surface area contributed by atoms with Gasteiger partial charge in [-0.3, -0.25) is 4.98 Å². The fourth-order valence-electron chi connectivity index (χ4n) is 2.19. The normalized spacial score (nSPS) is 26.6. The quantitative estimate of drug-likeness (QED) is 0.741. The number of hydrogen-bond donors (Lipinski definition) is 2. The summed E-state index contributed by atoms with van der Waals surface area (Å²) in [6.07, 6.45) is 3.70. The molecular formula is C11H16N2O. The van der Waals surface area contributed by atoms with Gasteiger partial charge in [0, 0.05) is 30.5 Å². The van der Waals surface area contributed by atoms with Crippen LogP contribution in [0.3, 0.4) is 0 Å².